The maximum absolute atomic E-state index is 12.5. The predicted molar refractivity (Wildman–Crippen MR) is 124 cm³/mol. The molecule has 0 aliphatic heterocycles. The van der Waals surface area contributed by atoms with E-state index in [2.05, 4.69) is 15.4 Å². The molecule has 0 heterocycles. The van der Waals surface area contributed by atoms with Crippen LogP contribution in [0.4, 0.5) is 11.4 Å². The first kappa shape index (κ1) is 23.9. The minimum atomic E-state index is -3.95. The Morgan fingerprint density at radius 3 is 2.12 bits per heavy atom. The average Bonchev–Trinajstić information content (AvgIpc) is 2.78. The molecular formula is C23H23N3O6S. The second-order valence-electron chi connectivity index (χ2n) is 7.21. The number of esters is 1. The van der Waals surface area contributed by atoms with Gasteiger partial charge in [-0.1, -0.05) is 30.3 Å². The van der Waals surface area contributed by atoms with E-state index >= 15 is 0 Å². The van der Waals surface area contributed by atoms with Gasteiger partial charge in [0.05, 0.1) is 4.90 Å². The number of fused-ring (bicyclic) bond motifs is 1. The largest absolute Gasteiger partial charge is 0.452 e. The van der Waals surface area contributed by atoms with Crippen molar-refractivity contribution in [1.82, 2.24) is 4.72 Å². The lowest BCUT2D eigenvalue weighted by Crippen LogP contribution is -2.35. The van der Waals surface area contributed by atoms with Crippen LogP contribution in [0.1, 0.15) is 13.8 Å². The summed E-state index contributed by atoms with van der Waals surface area (Å²) in [6, 6.07) is 18.3. The van der Waals surface area contributed by atoms with Crippen LogP contribution in [0.25, 0.3) is 10.8 Å². The van der Waals surface area contributed by atoms with Crippen molar-refractivity contribution in [2.45, 2.75) is 24.8 Å². The summed E-state index contributed by atoms with van der Waals surface area (Å²) in [6.45, 7) is 2.13. The number of amides is 2. The summed E-state index contributed by atoms with van der Waals surface area (Å²) in [5.41, 5.74) is 1.01. The van der Waals surface area contributed by atoms with Crippen LogP contribution in [0.15, 0.2) is 71.6 Å². The lowest BCUT2D eigenvalue weighted by atomic mass is 10.1. The summed E-state index contributed by atoms with van der Waals surface area (Å²) in [7, 11) is -3.95. The Bertz CT molecular complexity index is 1290. The zero-order chi connectivity index (χ0) is 24.0. The zero-order valence-corrected chi connectivity index (χ0v) is 18.8. The molecule has 172 valence electrons. The van der Waals surface area contributed by atoms with Gasteiger partial charge in [0.15, 0.2) is 6.10 Å². The number of nitrogens with one attached hydrogen (secondary N) is 3. The molecular weight excluding hydrogens is 446 g/mol. The van der Waals surface area contributed by atoms with Gasteiger partial charge in [0.2, 0.25) is 15.9 Å². The molecule has 1 atom stereocenters. The van der Waals surface area contributed by atoms with Crippen LogP contribution in [0.2, 0.25) is 0 Å². The topological polar surface area (TPSA) is 131 Å². The lowest BCUT2D eigenvalue weighted by molar-refractivity contribution is -0.151. The molecule has 0 saturated heterocycles. The van der Waals surface area contributed by atoms with E-state index in [1.807, 2.05) is 12.1 Å². The van der Waals surface area contributed by atoms with Crippen molar-refractivity contribution in [3.05, 3.63) is 66.7 Å². The van der Waals surface area contributed by atoms with Crippen LogP contribution in [-0.4, -0.2) is 38.9 Å². The summed E-state index contributed by atoms with van der Waals surface area (Å²) in [5.74, 6) is -1.71. The highest BCUT2D eigenvalue weighted by molar-refractivity contribution is 7.89. The van der Waals surface area contributed by atoms with Crippen LogP contribution in [0.5, 0.6) is 0 Å². The van der Waals surface area contributed by atoms with Crippen molar-refractivity contribution in [3.8, 4) is 0 Å². The number of sulfonamides is 1. The van der Waals surface area contributed by atoms with Crippen molar-refractivity contribution in [3.63, 3.8) is 0 Å². The number of hydrogen-bond donors (Lipinski definition) is 3. The minimum absolute atomic E-state index is 0.0162. The molecule has 0 saturated carbocycles. The summed E-state index contributed by atoms with van der Waals surface area (Å²) in [5, 5.41) is 6.82. The fraction of sp³-hybridized carbons (Fsp3) is 0.174. The highest BCUT2D eigenvalue weighted by Gasteiger charge is 2.21. The van der Waals surface area contributed by atoms with Gasteiger partial charge in [-0.15, -0.1) is 0 Å². The molecule has 0 radical (unpaired) electrons. The van der Waals surface area contributed by atoms with Crippen LogP contribution >= 0.6 is 0 Å². The summed E-state index contributed by atoms with van der Waals surface area (Å²) < 4.78 is 32.2. The summed E-state index contributed by atoms with van der Waals surface area (Å²) in [4.78, 5) is 35.4. The molecule has 3 N–H and O–H groups in total. The first-order valence-electron chi connectivity index (χ1n) is 10.0. The second kappa shape index (κ2) is 10.2. The lowest BCUT2D eigenvalue weighted by Gasteiger charge is -2.14. The van der Waals surface area contributed by atoms with Gasteiger partial charge in [0.1, 0.15) is 6.54 Å². The number of carbonyl (C=O) groups is 3. The second-order valence-corrected chi connectivity index (χ2v) is 8.98. The maximum atomic E-state index is 12.5. The van der Waals surface area contributed by atoms with E-state index in [1.54, 1.807) is 42.5 Å². The van der Waals surface area contributed by atoms with Crippen molar-refractivity contribution >= 4 is 50.0 Å². The van der Waals surface area contributed by atoms with Crippen LogP contribution in [-0.2, 0) is 29.1 Å². The number of ether oxygens (including phenoxy) is 1. The number of carbonyl (C=O) groups excluding carboxylic acids is 3. The van der Waals surface area contributed by atoms with Gasteiger partial charge >= 0.3 is 5.97 Å². The zero-order valence-electron chi connectivity index (χ0n) is 18.0. The van der Waals surface area contributed by atoms with Gasteiger partial charge in [-0.2, -0.15) is 4.72 Å². The highest BCUT2D eigenvalue weighted by atomic mass is 32.2. The van der Waals surface area contributed by atoms with Crippen LogP contribution in [0.3, 0.4) is 0 Å². The quantitative estimate of drug-likeness (QED) is 0.435. The Morgan fingerprint density at radius 1 is 0.879 bits per heavy atom. The van der Waals surface area contributed by atoms with Crippen molar-refractivity contribution in [1.29, 1.82) is 0 Å². The van der Waals surface area contributed by atoms with Gasteiger partial charge in [0, 0.05) is 18.3 Å². The molecule has 0 spiro atoms. The Labute approximate surface area is 191 Å². The normalized spacial score (nSPS) is 12.1. The fourth-order valence-electron chi connectivity index (χ4n) is 2.95. The molecule has 0 bridgehead atoms. The Hall–Kier alpha value is -3.76. The van der Waals surface area contributed by atoms with Gasteiger partial charge in [0.25, 0.3) is 5.91 Å². The SMILES string of the molecule is CC(=O)Nc1ccc(NC(=O)C(C)OC(=O)CNS(=O)(=O)c2ccc3ccccc3c2)cc1. The monoisotopic (exact) mass is 469 g/mol. The molecule has 3 aromatic carbocycles. The Kier molecular flexibility index (Phi) is 7.41. The summed E-state index contributed by atoms with van der Waals surface area (Å²) in [6.07, 6.45) is -1.15. The van der Waals surface area contributed by atoms with E-state index in [0.29, 0.717) is 11.4 Å². The third-order valence-electron chi connectivity index (χ3n) is 4.59. The van der Waals surface area contributed by atoms with Crippen LogP contribution < -0.4 is 15.4 Å². The maximum Gasteiger partial charge on any atom is 0.321 e. The molecule has 0 aliphatic carbocycles. The molecule has 1 unspecified atom stereocenters. The predicted octanol–water partition coefficient (Wildman–Crippen LogP) is 2.65. The Balaban J connectivity index is 1.52. The molecule has 0 aromatic heterocycles. The molecule has 0 fully saturated rings. The van der Waals surface area contributed by atoms with Crippen molar-refractivity contribution in [2.24, 2.45) is 0 Å². The summed E-state index contributed by atoms with van der Waals surface area (Å²) >= 11 is 0. The molecule has 33 heavy (non-hydrogen) atoms. The van der Waals surface area contributed by atoms with E-state index in [0.717, 1.165) is 10.8 Å². The van der Waals surface area contributed by atoms with Crippen molar-refractivity contribution < 1.29 is 27.5 Å². The van der Waals surface area contributed by atoms with E-state index in [4.69, 9.17) is 4.74 Å². The number of anilines is 2. The van der Waals surface area contributed by atoms with Gasteiger partial charge < -0.3 is 15.4 Å². The van der Waals surface area contributed by atoms with Gasteiger partial charge in [-0.25, -0.2) is 8.42 Å². The van der Waals surface area contributed by atoms with Crippen LogP contribution in [0, 0.1) is 0 Å². The Morgan fingerprint density at radius 2 is 1.48 bits per heavy atom. The third kappa shape index (κ3) is 6.61. The number of benzene rings is 3. The fourth-order valence-corrected chi connectivity index (χ4v) is 3.95. The molecule has 3 rings (SSSR count). The third-order valence-corrected chi connectivity index (χ3v) is 5.99. The van der Waals surface area contributed by atoms with Gasteiger partial charge in [-0.05, 0) is 54.1 Å². The minimum Gasteiger partial charge on any atom is -0.452 e. The molecule has 9 nitrogen and oxygen atoms in total. The molecule has 0 aliphatic rings. The average molecular weight is 470 g/mol. The van der Waals surface area contributed by atoms with E-state index in [9.17, 15) is 22.8 Å². The highest BCUT2D eigenvalue weighted by Crippen LogP contribution is 2.19. The standard InChI is InChI=1S/C23H23N3O6S/c1-15(23(29)26-20-10-8-19(9-11-20)25-16(2)27)32-22(28)14-24-33(30,31)21-12-7-17-5-3-4-6-18(17)13-21/h3-13,15,24H,14H2,1-2H3,(H,25,27)(H,26,29). The van der Waals surface area contributed by atoms with E-state index < -0.39 is 34.5 Å². The number of hydrogen-bond acceptors (Lipinski definition) is 6. The first-order valence-corrected chi connectivity index (χ1v) is 11.5. The first-order chi connectivity index (χ1) is 15.6. The molecule has 3 aromatic rings. The van der Waals surface area contributed by atoms with Gasteiger partial charge in [-0.3, -0.25) is 14.4 Å². The molecule has 2 amide bonds. The smallest absolute Gasteiger partial charge is 0.321 e. The van der Waals surface area contributed by atoms with E-state index in [1.165, 1.54) is 26.0 Å². The molecule has 10 heteroatoms. The number of rotatable bonds is 8. The van der Waals surface area contributed by atoms with E-state index in [-0.39, 0.29) is 10.8 Å². The van der Waals surface area contributed by atoms with Crippen molar-refractivity contribution in [2.75, 3.05) is 17.2 Å².